The molecule has 3 N–H and O–H groups in total. The zero-order valence-corrected chi connectivity index (χ0v) is 14.3. The summed E-state index contributed by atoms with van der Waals surface area (Å²) in [5.74, 6) is 1.05. The van der Waals surface area contributed by atoms with Crippen molar-refractivity contribution < 1.29 is 8.42 Å². The van der Waals surface area contributed by atoms with Crippen molar-refractivity contribution in [1.29, 1.82) is 0 Å². The van der Waals surface area contributed by atoms with Crippen LogP contribution < -0.4 is 5.73 Å². The van der Waals surface area contributed by atoms with Crippen LogP contribution in [0.5, 0.6) is 0 Å². The molecule has 1 aromatic carbocycles. The quantitative estimate of drug-likeness (QED) is 0.791. The molecule has 0 spiro atoms. The maximum Gasteiger partial charge on any atom is 0.243 e. The van der Waals surface area contributed by atoms with Gasteiger partial charge in [-0.3, -0.25) is 5.10 Å². The summed E-state index contributed by atoms with van der Waals surface area (Å²) in [6, 6.07) is 3.22. The van der Waals surface area contributed by atoms with E-state index in [4.69, 9.17) is 5.73 Å². The molecular weight excluding hydrogens is 358 g/mol. The first kappa shape index (κ1) is 15.9. The normalized spacial score (nSPS) is 12.0. The summed E-state index contributed by atoms with van der Waals surface area (Å²) in [6.07, 6.45) is 0. The zero-order valence-electron chi connectivity index (χ0n) is 11.9. The van der Waals surface area contributed by atoms with Crippen molar-refractivity contribution in [3.8, 4) is 0 Å². The Morgan fingerprint density at radius 3 is 2.62 bits per heavy atom. The van der Waals surface area contributed by atoms with E-state index in [-0.39, 0.29) is 11.4 Å². The first-order valence-electron chi connectivity index (χ1n) is 6.11. The number of hydrogen-bond donors (Lipinski definition) is 2. The molecule has 9 heteroatoms. The van der Waals surface area contributed by atoms with E-state index >= 15 is 0 Å². The number of aryl methyl sites for hydroxylation is 1. The maximum atomic E-state index is 12.7. The van der Waals surface area contributed by atoms with E-state index < -0.39 is 10.0 Å². The molecule has 0 aliphatic heterocycles. The Morgan fingerprint density at radius 2 is 2.05 bits per heavy atom. The predicted octanol–water partition coefficient (Wildman–Crippen LogP) is 1.59. The fourth-order valence-electron chi connectivity index (χ4n) is 1.85. The van der Waals surface area contributed by atoms with E-state index in [2.05, 4.69) is 31.1 Å². The second kappa shape index (κ2) is 5.74. The number of nitrogen functional groups attached to an aromatic ring is 1. The van der Waals surface area contributed by atoms with Gasteiger partial charge in [-0.2, -0.15) is 9.40 Å². The van der Waals surface area contributed by atoms with Crippen LogP contribution in [0, 0.1) is 13.8 Å². The summed E-state index contributed by atoms with van der Waals surface area (Å²) in [7, 11) is -2.19. The number of halogens is 1. The largest absolute Gasteiger partial charge is 0.398 e. The number of rotatable bonds is 4. The van der Waals surface area contributed by atoms with Gasteiger partial charge in [-0.1, -0.05) is 15.9 Å². The Kier molecular flexibility index (Phi) is 4.35. The number of nitrogens with two attached hydrogens (primary N) is 1. The van der Waals surface area contributed by atoms with E-state index in [0.717, 1.165) is 0 Å². The van der Waals surface area contributed by atoms with Gasteiger partial charge in [0, 0.05) is 17.2 Å². The van der Waals surface area contributed by atoms with Crippen molar-refractivity contribution in [2.75, 3.05) is 12.8 Å². The van der Waals surface area contributed by atoms with Gasteiger partial charge in [0.05, 0.1) is 11.4 Å². The predicted molar refractivity (Wildman–Crippen MR) is 83.1 cm³/mol. The average Bonchev–Trinajstić information content (AvgIpc) is 2.79. The SMILES string of the molecule is Cc1nc(CN(C)S(=O)(=O)c2cc(Br)cc(N)c2C)n[nH]1. The van der Waals surface area contributed by atoms with Gasteiger partial charge >= 0.3 is 0 Å². The molecule has 1 heterocycles. The molecule has 0 radical (unpaired) electrons. The van der Waals surface area contributed by atoms with Crippen molar-refractivity contribution in [1.82, 2.24) is 19.5 Å². The third-order valence-electron chi connectivity index (χ3n) is 3.06. The molecule has 0 saturated carbocycles. The monoisotopic (exact) mass is 373 g/mol. The number of H-pyrrole nitrogens is 1. The molecule has 2 aromatic rings. The maximum absolute atomic E-state index is 12.7. The van der Waals surface area contributed by atoms with Crippen molar-refractivity contribution in [2.24, 2.45) is 0 Å². The summed E-state index contributed by atoms with van der Waals surface area (Å²) in [4.78, 5) is 4.28. The van der Waals surface area contributed by atoms with Crippen molar-refractivity contribution in [3.05, 3.63) is 33.8 Å². The number of benzene rings is 1. The van der Waals surface area contributed by atoms with Crippen molar-refractivity contribution >= 4 is 31.6 Å². The van der Waals surface area contributed by atoms with Crippen LogP contribution in [0.4, 0.5) is 5.69 Å². The highest BCUT2D eigenvalue weighted by atomic mass is 79.9. The van der Waals surface area contributed by atoms with Crippen LogP contribution in [-0.2, 0) is 16.6 Å². The van der Waals surface area contributed by atoms with Gasteiger partial charge in [0.15, 0.2) is 5.82 Å². The van der Waals surface area contributed by atoms with Gasteiger partial charge in [-0.15, -0.1) is 0 Å². The topological polar surface area (TPSA) is 105 Å². The Morgan fingerprint density at radius 1 is 1.38 bits per heavy atom. The summed E-state index contributed by atoms with van der Waals surface area (Å²) in [5.41, 5.74) is 6.78. The highest BCUT2D eigenvalue weighted by Crippen LogP contribution is 2.28. The Hall–Kier alpha value is -1.45. The molecule has 0 saturated heterocycles. The molecule has 0 atom stereocenters. The van der Waals surface area contributed by atoms with Crippen molar-refractivity contribution in [2.45, 2.75) is 25.3 Å². The summed E-state index contributed by atoms with van der Waals surface area (Å²) >= 11 is 3.27. The van der Waals surface area contributed by atoms with Crippen LogP contribution in [0.2, 0.25) is 0 Å². The molecule has 0 fully saturated rings. The lowest BCUT2D eigenvalue weighted by Crippen LogP contribution is -2.27. The van der Waals surface area contributed by atoms with Crippen LogP contribution in [0.15, 0.2) is 21.5 Å². The molecular formula is C12H16BrN5O2S. The molecule has 7 nitrogen and oxygen atoms in total. The van der Waals surface area contributed by atoms with Crippen LogP contribution in [0.25, 0.3) is 0 Å². The van der Waals surface area contributed by atoms with E-state index in [1.54, 1.807) is 26.0 Å². The third kappa shape index (κ3) is 3.25. The van der Waals surface area contributed by atoms with Gasteiger partial charge < -0.3 is 5.73 Å². The minimum absolute atomic E-state index is 0.0819. The average molecular weight is 374 g/mol. The van der Waals surface area contributed by atoms with Crippen molar-refractivity contribution in [3.63, 3.8) is 0 Å². The van der Waals surface area contributed by atoms with Crippen LogP contribution >= 0.6 is 15.9 Å². The Bertz CT molecular complexity index is 772. The Balaban J connectivity index is 2.37. The second-order valence-electron chi connectivity index (χ2n) is 4.72. The molecule has 21 heavy (non-hydrogen) atoms. The fraction of sp³-hybridized carbons (Fsp3) is 0.333. The fourth-order valence-corrected chi connectivity index (χ4v) is 3.88. The van der Waals surface area contributed by atoms with Crippen LogP contribution in [0.3, 0.4) is 0 Å². The lowest BCUT2D eigenvalue weighted by molar-refractivity contribution is 0.456. The van der Waals surface area contributed by atoms with Gasteiger partial charge in [0.1, 0.15) is 5.82 Å². The number of anilines is 1. The van der Waals surface area contributed by atoms with Gasteiger partial charge in [0.2, 0.25) is 10.0 Å². The molecule has 0 aliphatic rings. The lowest BCUT2D eigenvalue weighted by atomic mass is 10.2. The molecule has 0 aliphatic carbocycles. The minimum atomic E-state index is -3.67. The first-order chi connectivity index (χ1) is 9.71. The van der Waals surface area contributed by atoms with E-state index in [0.29, 0.717) is 27.4 Å². The number of nitrogens with one attached hydrogen (secondary N) is 1. The molecule has 114 valence electrons. The molecule has 0 unspecified atom stereocenters. The highest BCUT2D eigenvalue weighted by Gasteiger charge is 2.25. The van der Waals surface area contributed by atoms with E-state index in [1.165, 1.54) is 11.4 Å². The first-order valence-corrected chi connectivity index (χ1v) is 8.35. The number of aromatic nitrogens is 3. The zero-order chi connectivity index (χ0) is 15.8. The molecule has 2 rings (SSSR count). The van der Waals surface area contributed by atoms with E-state index in [9.17, 15) is 8.42 Å². The number of sulfonamides is 1. The Labute approximate surface area is 131 Å². The number of hydrogen-bond acceptors (Lipinski definition) is 5. The summed E-state index contributed by atoms with van der Waals surface area (Å²) in [6.45, 7) is 3.52. The third-order valence-corrected chi connectivity index (χ3v) is 5.45. The summed E-state index contributed by atoms with van der Waals surface area (Å²) < 4.78 is 27.1. The highest BCUT2D eigenvalue weighted by molar-refractivity contribution is 9.10. The standard InChI is InChI=1S/C12H16BrN5O2S/c1-7-10(14)4-9(13)5-11(7)21(19,20)18(3)6-12-15-8(2)16-17-12/h4-5H,6,14H2,1-3H3,(H,15,16,17). The van der Waals surface area contributed by atoms with E-state index in [1.807, 2.05) is 0 Å². The van der Waals surface area contributed by atoms with Gasteiger partial charge in [0.25, 0.3) is 0 Å². The minimum Gasteiger partial charge on any atom is -0.398 e. The van der Waals surface area contributed by atoms with Crippen LogP contribution in [0.1, 0.15) is 17.2 Å². The smallest absolute Gasteiger partial charge is 0.243 e. The second-order valence-corrected chi connectivity index (χ2v) is 7.65. The van der Waals surface area contributed by atoms with Gasteiger partial charge in [-0.25, -0.2) is 13.4 Å². The molecule has 0 amide bonds. The summed E-state index contributed by atoms with van der Waals surface area (Å²) in [5, 5.41) is 6.63. The molecule has 0 bridgehead atoms. The number of nitrogens with zero attached hydrogens (tertiary/aromatic N) is 3. The van der Waals surface area contributed by atoms with Crippen LogP contribution in [-0.4, -0.2) is 35.0 Å². The molecule has 1 aromatic heterocycles. The van der Waals surface area contributed by atoms with Gasteiger partial charge in [-0.05, 0) is 31.5 Å². The lowest BCUT2D eigenvalue weighted by Gasteiger charge is -2.18. The number of aromatic amines is 1.